The number of nitrogens with one attached hydrogen (secondary N) is 3. The number of rotatable bonds is 12. The van der Waals surface area contributed by atoms with Gasteiger partial charge in [-0.05, 0) is 30.7 Å². The van der Waals surface area contributed by atoms with Crippen LogP contribution in [0.15, 0.2) is 66.2 Å². The van der Waals surface area contributed by atoms with E-state index in [0.717, 1.165) is 41.6 Å². The van der Waals surface area contributed by atoms with Gasteiger partial charge in [-0.25, -0.2) is 4.99 Å². The highest BCUT2D eigenvalue weighted by Crippen LogP contribution is 2.17. The van der Waals surface area contributed by atoms with Crippen LogP contribution in [-0.2, 0) is 17.8 Å². The fourth-order valence-corrected chi connectivity index (χ4v) is 2.66. The van der Waals surface area contributed by atoms with Gasteiger partial charge in [0, 0.05) is 38.0 Å². The molecule has 6 nitrogen and oxygen atoms in total. The Kier molecular flexibility index (Phi) is 13.4. The van der Waals surface area contributed by atoms with E-state index in [9.17, 15) is 0 Å². The molecule has 0 fully saturated rings. The second-order valence-corrected chi connectivity index (χ2v) is 6.37. The van der Waals surface area contributed by atoms with Crippen LogP contribution < -0.4 is 20.7 Å². The zero-order valence-corrected chi connectivity index (χ0v) is 20.1. The molecule has 0 aromatic heterocycles. The summed E-state index contributed by atoms with van der Waals surface area (Å²) in [5.74, 6) is 1.63. The lowest BCUT2D eigenvalue weighted by atomic mass is 10.2. The van der Waals surface area contributed by atoms with Gasteiger partial charge in [0.25, 0.3) is 0 Å². The molecule has 0 spiro atoms. The van der Waals surface area contributed by atoms with E-state index in [0.29, 0.717) is 26.3 Å². The number of guanidine groups is 1. The van der Waals surface area contributed by atoms with Gasteiger partial charge in [-0.1, -0.05) is 43.0 Å². The molecule has 2 rings (SSSR count). The molecule has 0 heterocycles. The number of aliphatic imine (C=N–C) groups is 1. The molecular weight excluding hydrogens is 491 g/mol. The first-order chi connectivity index (χ1) is 14.3. The van der Waals surface area contributed by atoms with Crippen LogP contribution in [0.1, 0.15) is 18.1 Å². The van der Waals surface area contributed by atoms with Crippen molar-refractivity contribution in [2.75, 3.05) is 38.7 Å². The average Bonchev–Trinajstić information content (AvgIpc) is 2.76. The van der Waals surface area contributed by atoms with Gasteiger partial charge in [-0.2, -0.15) is 0 Å². The van der Waals surface area contributed by atoms with Crippen LogP contribution in [0.2, 0.25) is 0 Å². The number of nitrogens with zero attached hydrogens (tertiary/aromatic N) is 1. The SMILES string of the molecule is C=CCOc1ccccc1CNC(=NCc1ccc(NCCOC)cc1)NCC.I. The van der Waals surface area contributed by atoms with Crippen molar-refractivity contribution in [1.82, 2.24) is 10.6 Å². The predicted molar refractivity (Wildman–Crippen MR) is 136 cm³/mol. The summed E-state index contributed by atoms with van der Waals surface area (Å²) in [7, 11) is 1.70. The maximum atomic E-state index is 5.72. The average molecular weight is 524 g/mol. The Morgan fingerprint density at radius 2 is 1.87 bits per heavy atom. The molecular formula is C23H33IN4O2. The zero-order valence-electron chi connectivity index (χ0n) is 17.8. The highest BCUT2D eigenvalue weighted by Gasteiger charge is 2.04. The predicted octanol–water partition coefficient (Wildman–Crippen LogP) is 4.18. The zero-order chi connectivity index (χ0) is 20.7. The molecule has 0 atom stereocenters. The minimum absolute atomic E-state index is 0. The third kappa shape index (κ3) is 9.49. The number of halogens is 1. The second-order valence-electron chi connectivity index (χ2n) is 6.37. The van der Waals surface area contributed by atoms with Gasteiger partial charge in [0.2, 0.25) is 0 Å². The summed E-state index contributed by atoms with van der Waals surface area (Å²) in [5, 5.41) is 9.98. The van der Waals surface area contributed by atoms with Crippen LogP contribution in [-0.4, -0.2) is 39.4 Å². The quantitative estimate of drug-likeness (QED) is 0.128. The molecule has 7 heteroatoms. The minimum Gasteiger partial charge on any atom is -0.489 e. The fourth-order valence-electron chi connectivity index (χ4n) is 2.66. The lowest BCUT2D eigenvalue weighted by Gasteiger charge is -2.14. The first-order valence-corrected chi connectivity index (χ1v) is 9.92. The largest absolute Gasteiger partial charge is 0.489 e. The first-order valence-electron chi connectivity index (χ1n) is 9.92. The molecule has 0 saturated heterocycles. The third-order valence-corrected chi connectivity index (χ3v) is 4.13. The Hall–Kier alpha value is -2.26. The Morgan fingerprint density at radius 1 is 1.10 bits per heavy atom. The highest BCUT2D eigenvalue weighted by atomic mass is 127. The number of para-hydroxylation sites is 1. The van der Waals surface area contributed by atoms with E-state index >= 15 is 0 Å². The Bertz CT molecular complexity index is 766. The van der Waals surface area contributed by atoms with Crippen molar-refractivity contribution in [3.05, 3.63) is 72.3 Å². The molecule has 0 aliphatic heterocycles. The molecule has 30 heavy (non-hydrogen) atoms. The first kappa shape index (κ1) is 25.8. The van der Waals surface area contributed by atoms with Gasteiger partial charge in [0.15, 0.2) is 5.96 Å². The van der Waals surface area contributed by atoms with Gasteiger partial charge in [-0.3, -0.25) is 0 Å². The molecule has 0 aliphatic carbocycles. The van der Waals surface area contributed by atoms with E-state index in [1.165, 1.54) is 0 Å². The maximum Gasteiger partial charge on any atom is 0.191 e. The van der Waals surface area contributed by atoms with Crippen LogP contribution >= 0.6 is 24.0 Å². The van der Waals surface area contributed by atoms with E-state index in [1.54, 1.807) is 13.2 Å². The summed E-state index contributed by atoms with van der Waals surface area (Å²) in [6.07, 6.45) is 1.74. The summed E-state index contributed by atoms with van der Waals surface area (Å²) in [5.41, 5.74) is 3.30. The molecule has 164 valence electrons. The lowest BCUT2D eigenvalue weighted by molar-refractivity contribution is 0.211. The van der Waals surface area contributed by atoms with Crippen LogP contribution in [0.25, 0.3) is 0 Å². The van der Waals surface area contributed by atoms with Crippen molar-refractivity contribution in [3.63, 3.8) is 0 Å². The van der Waals surface area contributed by atoms with Crippen molar-refractivity contribution in [2.45, 2.75) is 20.0 Å². The van der Waals surface area contributed by atoms with E-state index in [2.05, 4.69) is 53.7 Å². The van der Waals surface area contributed by atoms with Crippen molar-refractivity contribution in [2.24, 2.45) is 4.99 Å². The molecule has 0 bridgehead atoms. The lowest BCUT2D eigenvalue weighted by Crippen LogP contribution is -2.36. The molecule has 0 saturated carbocycles. The van der Waals surface area contributed by atoms with Crippen LogP contribution in [0.4, 0.5) is 5.69 Å². The van der Waals surface area contributed by atoms with Gasteiger partial charge in [0.05, 0.1) is 13.2 Å². The van der Waals surface area contributed by atoms with Crippen molar-refractivity contribution in [1.29, 1.82) is 0 Å². The smallest absolute Gasteiger partial charge is 0.191 e. The molecule has 2 aromatic carbocycles. The van der Waals surface area contributed by atoms with Gasteiger partial charge in [-0.15, -0.1) is 24.0 Å². The van der Waals surface area contributed by atoms with Gasteiger partial charge in [0.1, 0.15) is 12.4 Å². The normalized spacial score (nSPS) is 10.7. The van der Waals surface area contributed by atoms with E-state index in [1.807, 2.05) is 24.3 Å². The fraction of sp³-hybridized carbons (Fsp3) is 0.348. The molecule has 0 aliphatic rings. The summed E-state index contributed by atoms with van der Waals surface area (Å²) < 4.78 is 10.8. The molecule has 0 amide bonds. The molecule has 2 aromatic rings. The number of methoxy groups -OCH3 is 1. The summed E-state index contributed by atoms with van der Waals surface area (Å²) >= 11 is 0. The molecule has 0 unspecified atom stereocenters. The van der Waals surface area contributed by atoms with E-state index < -0.39 is 0 Å². The topological polar surface area (TPSA) is 66.9 Å². The van der Waals surface area contributed by atoms with Crippen LogP contribution in [0, 0.1) is 0 Å². The standard InChI is InChI=1S/C23H32N4O2.HI/c1-4-15-29-22-9-7-6-8-20(22)18-27-23(24-5-2)26-17-19-10-12-21(13-11-19)25-14-16-28-3;/h4,6-13,25H,1,5,14-18H2,2-3H3,(H2,24,26,27);1H. The van der Waals surface area contributed by atoms with Crippen molar-refractivity contribution >= 4 is 35.6 Å². The van der Waals surface area contributed by atoms with Crippen LogP contribution in [0.5, 0.6) is 5.75 Å². The Morgan fingerprint density at radius 3 is 2.57 bits per heavy atom. The molecule has 3 N–H and O–H groups in total. The number of ether oxygens (including phenoxy) is 2. The summed E-state index contributed by atoms with van der Waals surface area (Å²) in [6, 6.07) is 16.3. The van der Waals surface area contributed by atoms with Gasteiger partial charge < -0.3 is 25.4 Å². The van der Waals surface area contributed by atoms with E-state index in [4.69, 9.17) is 14.5 Å². The monoisotopic (exact) mass is 524 g/mol. The highest BCUT2D eigenvalue weighted by molar-refractivity contribution is 14.0. The Balaban J connectivity index is 0.00000450. The summed E-state index contributed by atoms with van der Waals surface area (Å²) in [4.78, 5) is 4.69. The Labute approximate surface area is 197 Å². The van der Waals surface area contributed by atoms with E-state index in [-0.39, 0.29) is 24.0 Å². The molecule has 0 radical (unpaired) electrons. The van der Waals surface area contributed by atoms with Crippen LogP contribution in [0.3, 0.4) is 0 Å². The third-order valence-electron chi connectivity index (χ3n) is 4.13. The number of benzene rings is 2. The van der Waals surface area contributed by atoms with Gasteiger partial charge >= 0.3 is 0 Å². The minimum atomic E-state index is 0. The van der Waals surface area contributed by atoms with Crippen molar-refractivity contribution in [3.8, 4) is 5.75 Å². The maximum absolute atomic E-state index is 5.72. The number of hydrogen-bond donors (Lipinski definition) is 3. The number of anilines is 1. The van der Waals surface area contributed by atoms with Crippen molar-refractivity contribution < 1.29 is 9.47 Å². The summed E-state index contributed by atoms with van der Waals surface area (Å²) in [6.45, 7) is 9.74. The second kappa shape index (κ2) is 15.6. The number of hydrogen-bond acceptors (Lipinski definition) is 4.